The van der Waals surface area contributed by atoms with Crippen LogP contribution >= 0.6 is 0 Å². The van der Waals surface area contributed by atoms with Gasteiger partial charge in [-0.05, 0) is 24.7 Å². The van der Waals surface area contributed by atoms with E-state index < -0.39 is 0 Å². The van der Waals surface area contributed by atoms with Crippen LogP contribution in [0.1, 0.15) is 11.6 Å². The van der Waals surface area contributed by atoms with Crippen molar-refractivity contribution in [1.29, 1.82) is 0 Å². The monoisotopic (exact) mass is 227 g/mol. The minimum atomic E-state index is 0.445. The van der Waals surface area contributed by atoms with E-state index >= 15 is 0 Å². The van der Waals surface area contributed by atoms with Crippen molar-refractivity contribution >= 4 is 10.9 Å². The Balaban J connectivity index is 1.99. The van der Waals surface area contributed by atoms with Gasteiger partial charge in [0.1, 0.15) is 0 Å². The van der Waals surface area contributed by atoms with Gasteiger partial charge in [0.15, 0.2) is 0 Å². The molecular formula is C14H17N3. The Bertz CT molecular complexity index is 524. The fraction of sp³-hybridized carbons (Fsp3) is 0.357. The second kappa shape index (κ2) is 4.43. The van der Waals surface area contributed by atoms with Gasteiger partial charge in [-0.25, -0.2) is 0 Å². The minimum Gasteiger partial charge on any atom is -0.314 e. The number of pyridine rings is 1. The van der Waals surface area contributed by atoms with Crippen LogP contribution in [0.3, 0.4) is 0 Å². The largest absolute Gasteiger partial charge is 0.314 e. The number of nitrogens with zero attached hydrogens (tertiary/aromatic N) is 2. The number of benzene rings is 1. The molecule has 88 valence electrons. The number of fused-ring (bicyclic) bond motifs is 1. The molecular weight excluding hydrogens is 210 g/mol. The van der Waals surface area contributed by atoms with Crippen molar-refractivity contribution < 1.29 is 0 Å². The summed E-state index contributed by atoms with van der Waals surface area (Å²) in [4.78, 5) is 6.93. The van der Waals surface area contributed by atoms with E-state index in [0.29, 0.717) is 6.04 Å². The van der Waals surface area contributed by atoms with Crippen LogP contribution in [0, 0.1) is 0 Å². The molecule has 1 N–H and O–H groups in total. The third kappa shape index (κ3) is 2.04. The number of para-hydroxylation sites is 1. The van der Waals surface area contributed by atoms with Crippen LogP contribution in [-0.2, 0) is 0 Å². The van der Waals surface area contributed by atoms with Crippen LogP contribution in [0.4, 0.5) is 0 Å². The summed E-state index contributed by atoms with van der Waals surface area (Å²) in [6, 6.07) is 11.0. The smallest absolute Gasteiger partial charge is 0.0702 e. The normalized spacial score (nSPS) is 21.8. The highest BCUT2D eigenvalue weighted by Gasteiger charge is 2.20. The van der Waals surface area contributed by atoms with Gasteiger partial charge < -0.3 is 5.32 Å². The minimum absolute atomic E-state index is 0.445. The van der Waals surface area contributed by atoms with Gasteiger partial charge in [0.25, 0.3) is 0 Å². The molecule has 0 bridgehead atoms. The molecule has 0 saturated carbocycles. The first-order valence-electron chi connectivity index (χ1n) is 6.10. The maximum atomic E-state index is 4.54. The van der Waals surface area contributed by atoms with Crippen molar-refractivity contribution in [3.05, 3.63) is 42.1 Å². The summed E-state index contributed by atoms with van der Waals surface area (Å²) in [6.07, 6.45) is 2.01. The summed E-state index contributed by atoms with van der Waals surface area (Å²) in [7, 11) is 2.18. The summed E-state index contributed by atoms with van der Waals surface area (Å²) in [5, 5.41) is 4.67. The zero-order chi connectivity index (χ0) is 11.7. The molecule has 0 radical (unpaired) electrons. The Morgan fingerprint density at radius 3 is 3.12 bits per heavy atom. The molecule has 3 nitrogen and oxygen atoms in total. The first-order valence-corrected chi connectivity index (χ1v) is 6.10. The van der Waals surface area contributed by atoms with Crippen molar-refractivity contribution in [3.8, 4) is 0 Å². The topological polar surface area (TPSA) is 28.2 Å². The molecule has 1 aromatic heterocycles. The second-order valence-electron chi connectivity index (χ2n) is 4.66. The molecule has 0 spiro atoms. The highest BCUT2D eigenvalue weighted by Crippen LogP contribution is 2.22. The number of hydrogen-bond donors (Lipinski definition) is 1. The van der Waals surface area contributed by atoms with Gasteiger partial charge in [-0.15, -0.1) is 0 Å². The number of likely N-dealkylation sites (N-methyl/N-ethyl adjacent to an activating group) is 1. The summed E-state index contributed by atoms with van der Waals surface area (Å²) < 4.78 is 0. The molecule has 1 saturated heterocycles. The van der Waals surface area contributed by atoms with E-state index in [-0.39, 0.29) is 0 Å². The molecule has 1 aliphatic rings. The first-order chi connectivity index (χ1) is 8.34. The van der Waals surface area contributed by atoms with E-state index in [9.17, 15) is 0 Å². The van der Waals surface area contributed by atoms with Crippen molar-refractivity contribution in [2.45, 2.75) is 6.04 Å². The molecule has 17 heavy (non-hydrogen) atoms. The standard InChI is InChI=1S/C14H17N3/c1-17-7-6-15-10-14(17)12-8-11-4-2-3-5-13(11)16-9-12/h2-5,8-9,14-15H,6-7,10H2,1H3. The van der Waals surface area contributed by atoms with E-state index in [2.05, 4.69) is 46.5 Å². The lowest BCUT2D eigenvalue weighted by molar-refractivity contribution is 0.202. The molecule has 3 rings (SSSR count). The molecule has 1 fully saturated rings. The lowest BCUT2D eigenvalue weighted by Gasteiger charge is -2.33. The maximum Gasteiger partial charge on any atom is 0.0702 e. The maximum absolute atomic E-state index is 4.54. The predicted octanol–water partition coefficient (Wildman–Crippen LogP) is 1.81. The molecule has 1 aliphatic heterocycles. The molecule has 1 unspecified atom stereocenters. The molecule has 2 heterocycles. The van der Waals surface area contributed by atoms with Crippen molar-refractivity contribution in [2.24, 2.45) is 0 Å². The quantitative estimate of drug-likeness (QED) is 0.805. The predicted molar refractivity (Wildman–Crippen MR) is 70.0 cm³/mol. The third-order valence-corrected chi connectivity index (χ3v) is 3.51. The SMILES string of the molecule is CN1CCNCC1c1cnc2ccccc2c1. The summed E-state index contributed by atoms with van der Waals surface area (Å²) in [5.41, 5.74) is 2.38. The van der Waals surface area contributed by atoms with Crippen molar-refractivity contribution in [3.63, 3.8) is 0 Å². The summed E-state index contributed by atoms with van der Waals surface area (Å²) >= 11 is 0. The summed E-state index contributed by atoms with van der Waals surface area (Å²) in [6.45, 7) is 3.18. The van der Waals surface area contributed by atoms with Crippen LogP contribution in [-0.4, -0.2) is 36.6 Å². The summed E-state index contributed by atoms with van der Waals surface area (Å²) in [5.74, 6) is 0. The van der Waals surface area contributed by atoms with Gasteiger partial charge in [0, 0.05) is 37.3 Å². The molecule has 0 amide bonds. The van der Waals surface area contributed by atoms with E-state index in [1.807, 2.05) is 12.3 Å². The van der Waals surface area contributed by atoms with Crippen LogP contribution in [0.25, 0.3) is 10.9 Å². The van der Waals surface area contributed by atoms with Gasteiger partial charge in [-0.1, -0.05) is 18.2 Å². The van der Waals surface area contributed by atoms with E-state index in [1.165, 1.54) is 10.9 Å². The highest BCUT2D eigenvalue weighted by molar-refractivity contribution is 5.78. The second-order valence-corrected chi connectivity index (χ2v) is 4.66. The number of rotatable bonds is 1. The van der Waals surface area contributed by atoms with Crippen LogP contribution < -0.4 is 5.32 Å². The van der Waals surface area contributed by atoms with Gasteiger partial charge >= 0.3 is 0 Å². The number of hydrogen-bond acceptors (Lipinski definition) is 3. The Hall–Kier alpha value is -1.45. The Kier molecular flexibility index (Phi) is 2.79. The highest BCUT2D eigenvalue weighted by atomic mass is 15.2. The average Bonchev–Trinajstić information content (AvgIpc) is 2.39. The van der Waals surface area contributed by atoms with Gasteiger partial charge in [-0.3, -0.25) is 9.88 Å². The van der Waals surface area contributed by atoms with Crippen molar-refractivity contribution in [1.82, 2.24) is 15.2 Å². The van der Waals surface area contributed by atoms with Crippen LogP contribution in [0.2, 0.25) is 0 Å². The van der Waals surface area contributed by atoms with E-state index in [1.54, 1.807) is 0 Å². The van der Waals surface area contributed by atoms with E-state index in [4.69, 9.17) is 0 Å². The fourth-order valence-corrected chi connectivity index (χ4v) is 2.45. The van der Waals surface area contributed by atoms with Gasteiger partial charge in [0.2, 0.25) is 0 Å². The Morgan fingerprint density at radius 1 is 1.35 bits per heavy atom. The fourth-order valence-electron chi connectivity index (χ4n) is 2.45. The van der Waals surface area contributed by atoms with E-state index in [0.717, 1.165) is 25.2 Å². The van der Waals surface area contributed by atoms with Gasteiger partial charge in [-0.2, -0.15) is 0 Å². The molecule has 1 aromatic carbocycles. The van der Waals surface area contributed by atoms with Crippen LogP contribution in [0.15, 0.2) is 36.5 Å². The van der Waals surface area contributed by atoms with Crippen LogP contribution in [0.5, 0.6) is 0 Å². The Morgan fingerprint density at radius 2 is 2.24 bits per heavy atom. The molecule has 0 aliphatic carbocycles. The first kappa shape index (κ1) is 10.7. The zero-order valence-electron chi connectivity index (χ0n) is 10.1. The zero-order valence-corrected chi connectivity index (χ0v) is 10.1. The van der Waals surface area contributed by atoms with Gasteiger partial charge in [0.05, 0.1) is 5.52 Å². The lowest BCUT2D eigenvalue weighted by Crippen LogP contribution is -2.43. The Labute approximate surface area is 101 Å². The molecule has 3 heteroatoms. The lowest BCUT2D eigenvalue weighted by atomic mass is 10.0. The molecule has 2 aromatic rings. The molecule has 1 atom stereocenters. The number of aromatic nitrogens is 1. The number of piperazine rings is 1. The number of nitrogens with one attached hydrogen (secondary N) is 1. The average molecular weight is 227 g/mol. The third-order valence-electron chi connectivity index (χ3n) is 3.51. The van der Waals surface area contributed by atoms with Crippen molar-refractivity contribution in [2.75, 3.05) is 26.7 Å².